The van der Waals surface area contributed by atoms with Crippen molar-refractivity contribution in [2.24, 2.45) is 0 Å². The van der Waals surface area contributed by atoms with Gasteiger partial charge in [0.05, 0.1) is 17.3 Å². The summed E-state index contributed by atoms with van der Waals surface area (Å²) >= 11 is 1.18. The lowest BCUT2D eigenvalue weighted by molar-refractivity contribution is -0.645. The van der Waals surface area contributed by atoms with Crippen LogP contribution in [0.15, 0.2) is 29.4 Å². The summed E-state index contributed by atoms with van der Waals surface area (Å²) in [5.74, 6) is 0.202. The van der Waals surface area contributed by atoms with Crippen LogP contribution in [-0.4, -0.2) is 48.6 Å². The first-order valence-corrected chi connectivity index (χ1v) is 10.5. The van der Waals surface area contributed by atoms with Crippen molar-refractivity contribution >= 4 is 27.5 Å². The largest absolute Gasteiger partial charge is 0.618 e. The van der Waals surface area contributed by atoms with Crippen molar-refractivity contribution in [3.05, 3.63) is 29.6 Å². The number of carbonyl (C=O) groups is 1. The molecule has 2 heterocycles. The second-order valence-electron chi connectivity index (χ2n) is 5.77. The molecule has 0 bridgehead atoms. The zero-order chi connectivity index (χ0) is 17.0. The number of hydrogen-bond acceptors (Lipinski definition) is 5. The molecule has 2 atom stereocenters. The van der Waals surface area contributed by atoms with Gasteiger partial charge in [-0.2, -0.15) is 4.73 Å². The van der Waals surface area contributed by atoms with E-state index in [1.54, 1.807) is 23.1 Å². The predicted octanol–water partition coefficient (Wildman–Crippen LogP) is 1.23. The summed E-state index contributed by atoms with van der Waals surface area (Å²) < 4.78 is 24.2. The molecule has 6 nitrogen and oxygen atoms in total. The number of nitrogens with zero attached hydrogens (tertiary/aromatic N) is 2. The van der Waals surface area contributed by atoms with Crippen LogP contribution in [0.4, 0.5) is 0 Å². The van der Waals surface area contributed by atoms with Crippen LogP contribution >= 0.6 is 11.8 Å². The first-order chi connectivity index (χ1) is 10.8. The standard InChI is InChI=1S/C15H22N2O4S2/c1-3-12(2)17(13-7-9-23(20,21)11-13)14(18)10-22-15-6-4-5-8-16(15)19/h4-6,8,12-13H,3,7,9-11H2,1-2H3/t12-,13-/m1/s1. The molecule has 1 aliphatic rings. The Morgan fingerprint density at radius 1 is 1.52 bits per heavy atom. The zero-order valence-corrected chi connectivity index (χ0v) is 15.0. The van der Waals surface area contributed by atoms with Gasteiger partial charge in [-0.25, -0.2) is 8.42 Å². The fourth-order valence-electron chi connectivity index (χ4n) is 2.74. The van der Waals surface area contributed by atoms with Gasteiger partial charge in [-0.05, 0) is 37.6 Å². The number of carbonyl (C=O) groups excluding carboxylic acids is 1. The second-order valence-corrected chi connectivity index (χ2v) is 8.99. The van der Waals surface area contributed by atoms with E-state index in [4.69, 9.17) is 0 Å². The molecule has 8 heteroatoms. The van der Waals surface area contributed by atoms with Gasteiger partial charge >= 0.3 is 0 Å². The first-order valence-electron chi connectivity index (χ1n) is 7.66. The van der Waals surface area contributed by atoms with E-state index in [-0.39, 0.29) is 35.2 Å². The average molecular weight is 358 g/mol. The molecular weight excluding hydrogens is 336 g/mol. The van der Waals surface area contributed by atoms with Gasteiger partial charge < -0.3 is 10.1 Å². The van der Waals surface area contributed by atoms with Crippen LogP contribution in [0.5, 0.6) is 0 Å². The minimum Gasteiger partial charge on any atom is -0.618 e. The Labute approximate surface area is 141 Å². The van der Waals surface area contributed by atoms with Crippen LogP contribution in [0.2, 0.25) is 0 Å². The van der Waals surface area contributed by atoms with Crippen LogP contribution in [0, 0.1) is 5.21 Å². The average Bonchev–Trinajstić information content (AvgIpc) is 2.86. The predicted molar refractivity (Wildman–Crippen MR) is 89.8 cm³/mol. The topological polar surface area (TPSA) is 81.4 Å². The maximum absolute atomic E-state index is 12.6. The lowest BCUT2D eigenvalue weighted by Gasteiger charge is -2.33. The van der Waals surface area contributed by atoms with Crippen LogP contribution in [0.1, 0.15) is 26.7 Å². The Balaban J connectivity index is 2.07. The minimum absolute atomic E-state index is 0.0171. The maximum Gasteiger partial charge on any atom is 0.251 e. The quantitative estimate of drug-likeness (QED) is 0.434. The van der Waals surface area contributed by atoms with Gasteiger partial charge in [0.25, 0.3) is 5.03 Å². The minimum atomic E-state index is -3.04. The van der Waals surface area contributed by atoms with Crippen molar-refractivity contribution in [3.8, 4) is 0 Å². The van der Waals surface area contributed by atoms with Gasteiger partial charge in [-0.1, -0.05) is 6.92 Å². The lowest BCUT2D eigenvalue weighted by atomic mass is 10.1. The summed E-state index contributed by atoms with van der Waals surface area (Å²) in [5, 5.41) is 12.1. The third-order valence-corrected chi connectivity index (χ3v) is 6.84. The molecule has 1 aliphatic heterocycles. The molecule has 0 aliphatic carbocycles. The molecule has 0 spiro atoms. The molecule has 0 aromatic carbocycles. The Morgan fingerprint density at radius 3 is 2.83 bits per heavy atom. The molecule has 1 amide bonds. The normalized spacial score (nSPS) is 21.0. The van der Waals surface area contributed by atoms with Gasteiger partial charge in [0.1, 0.15) is 0 Å². The third-order valence-electron chi connectivity index (χ3n) is 4.09. The molecule has 2 rings (SSSR count). The smallest absolute Gasteiger partial charge is 0.251 e. The highest BCUT2D eigenvalue weighted by Crippen LogP contribution is 2.23. The molecule has 1 saturated heterocycles. The zero-order valence-electron chi connectivity index (χ0n) is 13.3. The van der Waals surface area contributed by atoms with Gasteiger partial charge in [0.2, 0.25) is 5.91 Å². The molecule has 128 valence electrons. The van der Waals surface area contributed by atoms with Crippen LogP contribution in [0.3, 0.4) is 0 Å². The molecule has 1 fully saturated rings. The van der Waals surface area contributed by atoms with Crippen molar-refractivity contribution in [2.75, 3.05) is 17.3 Å². The summed E-state index contributed by atoms with van der Waals surface area (Å²) in [7, 11) is -3.04. The summed E-state index contributed by atoms with van der Waals surface area (Å²) in [5.41, 5.74) is 0. The molecule has 23 heavy (non-hydrogen) atoms. The molecule has 0 unspecified atom stereocenters. The third kappa shape index (κ3) is 4.60. The summed E-state index contributed by atoms with van der Waals surface area (Å²) in [6, 6.07) is 4.78. The molecule has 1 aromatic heterocycles. The highest BCUT2D eigenvalue weighted by atomic mass is 32.2. The van der Waals surface area contributed by atoms with Gasteiger partial charge in [-0.15, -0.1) is 0 Å². The van der Waals surface area contributed by atoms with Crippen LogP contribution in [0.25, 0.3) is 0 Å². The fraction of sp³-hybridized carbons (Fsp3) is 0.600. The summed E-state index contributed by atoms with van der Waals surface area (Å²) in [6.07, 6.45) is 2.65. The van der Waals surface area contributed by atoms with E-state index in [1.807, 2.05) is 13.8 Å². The number of sulfone groups is 1. The van der Waals surface area contributed by atoms with Crippen molar-refractivity contribution in [1.29, 1.82) is 0 Å². The van der Waals surface area contributed by atoms with Crippen LogP contribution in [-0.2, 0) is 14.6 Å². The van der Waals surface area contributed by atoms with Crippen molar-refractivity contribution < 1.29 is 17.9 Å². The number of hydrogen-bond donors (Lipinski definition) is 0. The Morgan fingerprint density at radius 2 is 2.26 bits per heavy atom. The van der Waals surface area contributed by atoms with E-state index in [9.17, 15) is 18.4 Å². The molecular formula is C15H22N2O4S2. The van der Waals surface area contributed by atoms with Crippen molar-refractivity contribution in [2.45, 2.75) is 43.8 Å². The Kier molecular flexibility index (Phi) is 5.91. The number of thioether (sulfide) groups is 1. The number of rotatable bonds is 6. The molecule has 0 saturated carbocycles. The second kappa shape index (κ2) is 7.53. The summed E-state index contributed by atoms with van der Waals surface area (Å²) in [6.45, 7) is 3.91. The number of pyridine rings is 1. The van der Waals surface area contributed by atoms with Crippen LogP contribution < -0.4 is 4.73 Å². The van der Waals surface area contributed by atoms with E-state index < -0.39 is 9.84 Å². The monoisotopic (exact) mass is 358 g/mol. The van der Waals surface area contributed by atoms with E-state index >= 15 is 0 Å². The molecule has 0 radical (unpaired) electrons. The maximum atomic E-state index is 12.6. The molecule has 1 aromatic rings. The highest BCUT2D eigenvalue weighted by molar-refractivity contribution is 7.99. The molecule has 0 N–H and O–H groups in total. The summed E-state index contributed by atoms with van der Waals surface area (Å²) in [4.78, 5) is 14.3. The van der Waals surface area contributed by atoms with E-state index in [2.05, 4.69) is 0 Å². The fourth-order valence-corrected chi connectivity index (χ4v) is 5.23. The Hall–Kier alpha value is -1.28. The van der Waals surface area contributed by atoms with Crippen molar-refractivity contribution in [3.63, 3.8) is 0 Å². The van der Waals surface area contributed by atoms with E-state index in [1.165, 1.54) is 18.0 Å². The van der Waals surface area contributed by atoms with E-state index in [0.717, 1.165) is 11.2 Å². The number of amides is 1. The van der Waals surface area contributed by atoms with Gasteiger partial charge in [-0.3, -0.25) is 4.79 Å². The Bertz CT molecular complexity index is 663. The number of aromatic nitrogens is 1. The SMILES string of the molecule is CC[C@@H](C)N(C(=O)CSc1cccc[n+]1[O-])[C@@H]1CCS(=O)(=O)C1. The van der Waals surface area contributed by atoms with Crippen molar-refractivity contribution in [1.82, 2.24) is 4.90 Å². The van der Waals surface area contributed by atoms with Gasteiger partial charge in [0.15, 0.2) is 16.0 Å². The highest BCUT2D eigenvalue weighted by Gasteiger charge is 2.36. The first kappa shape index (κ1) is 18.1. The van der Waals surface area contributed by atoms with Gasteiger partial charge in [0, 0.05) is 24.2 Å². The van der Waals surface area contributed by atoms with E-state index in [0.29, 0.717) is 11.4 Å². The lowest BCUT2D eigenvalue weighted by Crippen LogP contribution is -2.47.